The number of alkyl halides is 9. The van der Waals surface area contributed by atoms with Crippen LogP contribution in [0.3, 0.4) is 0 Å². The van der Waals surface area contributed by atoms with Gasteiger partial charge in [0.1, 0.15) is 0 Å². The van der Waals surface area contributed by atoms with Crippen molar-refractivity contribution in [2.24, 2.45) is 0 Å². The summed E-state index contributed by atoms with van der Waals surface area (Å²) in [6.07, 6.45) is 0.837. The summed E-state index contributed by atoms with van der Waals surface area (Å²) in [5.41, 5.74) is 10.8. The van der Waals surface area contributed by atoms with E-state index in [1.165, 1.54) is 77.0 Å². The highest BCUT2D eigenvalue weighted by atomic mass is 127. The fourth-order valence-electron chi connectivity index (χ4n) is 9.56. The molecule has 0 aromatic heterocycles. The SMILES string of the molecule is CC1(C)OB(c2cccc3c2CCCC3)OC1(C)C.CO.Cl.FC(F)(F)c1ccc(-c2cccc3c2CCCC3)c(Br)c1.FC(F)(F)c1ccc(-c2cccc3c2CCCC3)c(Br)c1.FC(F)(F)c1ccc(I)c(Br)c1. The summed E-state index contributed by atoms with van der Waals surface area (Å²) in [5, 5.41) is 7.00. The molecule has 0 bridgehead atoms. The Kier molecular flexibility index (Phi) is 22.7. The predicted octanol–water partition coefficient (Wildman–Crippen LogP) is 19.0. The molecule has 0 saturated carbocycles. The van der Waals surface area contributed by atoms with Gasteiger partial charge >= 0.3 is 25.6 Å². The van der Waals surface area contributed by atoms with Crippen LogP contribution in [0.1, 0.15) is 116 Å². The third kappa shape index (κ3) is 15.9. The summed E-state index contributed by atoms with van der Waals surface area (Å²) in [4.78, 5) is 0. The van der Waals surface area contributed by atoms with Crippen LogP contribution in [-0.2, 0) is 66.4 Å². The molecule has 1 fully saturated rings. The molecule has 76 heavy (non-hydrogen) atoms. The van der Waals surface area contributed by atoms with Crippen molar-refractivity contribution in [3.8, 4) is 22.3 Å². The molecule has 0 atom stereocenters. The fourth-order valence-corrected chi connectivity index (χ4v) is 11.5. The van der Waals surface area contributed by atoms with Crippen LogP contribution in [0.2, 0.25) is 0 Å². The highest BCUT2D eigenvalue weighted by molar-refractivity contribution is 14.1. The summed E-state index contributed by atoms with van der Waals surface area (Å²) in [6.45, 7) is 8.45. The molecule has 10 rings (SSSR count). The van der Waals surface area contributed by atoms with Crippen molar-refractivity contribution in [2.75, 3.05) is 7.11 Å². The molecule has 18 heteroatoms. The molecule has 0 amide bonds. The maximum absolute atomic E-state index is 12.8. The smallest absolute Gasteiger partial charge is 0.400 e. The number of hydrogen-bond donors (Lipinski definition) is 1. The minimum atomic E-state index is -4.31. The number of fused-ring (bicyclic) bond motifs is 3. The van der Waals surface area contributed by atoms with Gasteiger partial charge in [0.2, 0.25) is 0 Å². The van der Waals surface area contributed by atoms with Crippen molar-refractivity contribution in [2.45, 2.75) is 134 Å². The first kappa shape index (κ1) is 63.9. The van der Waals surface area contributed by atoms with Gasteiger partial charge < -0.3 is 14.4 Å². The minimum Gasteiger partial charge on any atom is -0.400 e. The number of hydrogen-bond acceptors (Lipinski definition) is 3. The van der Waals surface area contributed by atoms with E-state index in [0.717, 1.165) is 114 Å². The van der Waals surface area contributed by atoms with E-state index >= 15 is 0 Å². The number of aryl methyl sites for hydroxylation is 3. The van der Waals surface area contributed by atoms with Crippen molar-refractivity contribution >= 4 is 95.4 Å². The number of halogens is 14. The molecule has 1 N–H and O–H groups in total. The maximum atomic E-state index is 12.8. The zero-order valence-electron chi connectivity index (χ0n) is 42.5. The number of aliphatic hydroxyl groups excluding tert-OH is 1. The molecule has 1 heterocycles. The molecular weight excluding hydrogens is 1330 g/mol. The average molecular weight is 1390 g/mol. The summed E-state index contributed by atoms with van der Waals surface area (Å²) in [6, 6.07) is 30.1. The maximum Gasteiger partial charge on any atom is 0.495 e. The van der Waals surface area contributed by atoms with Gasteiger partial charge in [-0.2, -0.15) is 39.5 Å². The molecule has 4 aliphatic rings. The minimum absolute atomic E-state index is 0. The highest BCUT2D eigenvalue weighted by Crippen LogP contribution is 2.42. The second-order valence-corrected chi connectivity index (χ2v) is 23.3. The average Bonchev–Trinajstić information content (AvgIpc) is 3.59. The second-order valence-electron chi connectivity index (χ2n) is 19.6. The molecule has 3 aliphatic carbocycles. The number of rotatable bonds is 3. The standard InChI is InChI=1S/2C17H14BrF3.C16H23BO2.C7H3BrF3I.CH4O.ClH/c2*18-16-10-12(17(19,20)21)8-9-15(16)14-7-3-5-11-4-1-2-6-13(11)14;1-15(2)16(3,4)19-17(18-15)14-11-7-9-12-8-5-6-10-13(12)14;8-5-3-4(7(9,10)11)1-2-6(5)12;1-2;/h2*3,5,7-10H,1-2,4,6H2;7,9,11H,5-6,8,10H2,1-4H3;1-3H;2H,1H3;1H. The van der Waals surface area contributed by atoms with Crippen LogP contribution < -0.4 is 5.46 Å². The zero-order valence-corrected chi connectivity index (χ0v) is 50.3. The normalized spacial score (nSPS) is 16.2. The first-order valence-electron chi connectivity index (χ1n) is 24.6. The van der Waals surface area contributed by atoms with Crippen LogP contribution in [-0.4, -0.2) is 30.5 Å². The third-order valence-electron chi connectivity index (χ3n) is 14.2. The largest absolute Gasteiger partial charge is 0.495 e. The van der Waals surface area contributed by atoms with E-state index in [1.54, 1.807) is 12.1 Å². The van der Waals surface area contributed by atoms with Gasteiger partial charge in [0, 0.05) is 24.1 Å². The number of aliphatic hydroxyl groups is 1. The Hall–Kier alpha value is -2.91. The van der Waals surface area contributed by atoms with Gasteiger partial charge in [-0.3, -0.25) is 0 Å². The molecule has 3 nitrogen and oxygen atoms in total. The summed E-state index contributed by atoms with van der Waals surface area (Å²) >= 11 is 11.6. The third-order valence-corrected chi connectivity index (χ3v) is 17.8. The van der Waals surface area contributed by atoms with Crippen LogP contribution >= 0.6 is 82.8 Å². The highest BCUT2D eigenvalue weighted by Gasteiger charge is 2.52. The molecule has 6 aromatic carbocycles. The van der Waals surface area contributed by atoms with E-state index in [4.69, 9.17) is 14.4 Å². The van der Waals surface area contributed by atoms with Gasteiger partial charge in [0.15, 0.2) is 0 Å². The Morgan fingerprint density at radius 2 is 0.776 bits per heavy atom. The van der Waals surface area contributed by atoms with Crippen molar-refractivity contribution in [1.29, 1.82) is 0 Å². The van der Waals surface area contributed by atoms with Crippen LogP contribution in [0, 0.1) is 3.57 Å². The molecule has 0 spiro atoms. The second kappa shape index (κ2) is 27.0. The van der Waals surface area contributed by atoms with Crippen molar-refractivity contribution < 1.29 is 53.9 Å². The predicted molar refractivity (Wildman–Crippen MR) is 308 cm³/mol. The Balaban J connectivity index is 0.000000187. The Morgan fingerprint density at radius 1 is 0.447 bits per heavy atom. The summed E-state index contributed by atoms with van der Waals surface area (Å²) < 4.78 is 127. The Bertz CT molecular complexity index is 2790. The van der Waals surface area contributed by atoms with Gasteiger partial charge in [-0.15, -0.1) is 12.4 Å². The number of benzene rings is 6. The van der Waals surface area contributed by atoms with Crippen molar-refractivity contribution in [1.82, 2.24) is 0 Å². The van der Waals surface area contributed by atoms with Gasteiger partial charge in [-0.05, 0) is 247 Å². The lowest BCUT2D eigenvalue weighted by atomic mass is 9.72. The van der Waals surface area contributed by atoms with Gasteiger partial charge in [-0.25, -0.2) is 0 Å². The summed E-state index contributed by atoms with van der Waals surface area (Å²) in [7, 11) is 0.790. The van der Waals surface area contributed by atoms with Crippen LogP contribution in [0.15, 0.2) is 123 Å². The van der Waals surface area contributed by atoms with Gasteiger partial charge in [0.05, 0.1) is 27.9 Å². The molecule has 1 aliphatic heterocycles. The molecule has 0 unspecified atom stereocenters. The molecular formula is C58H59BBr3ClF9IO3. The molecule has 410 valence electrons. The monoisotopic (exact) mass is 1380 g/mol. The lowest BCUT2D eigenvalue weighted by Gasteiger charge is -2.32. The lowest BCUT2D eigenvalue weighted by Crippen LogP contribution is -2.41. The Morgan fingerprint density at radius 3 is 1.14 bits per heavy atom. The van der Waals surface area contributed by atoms with Crippen molar-refractivity contribution in [3.05, 3.63) is 176 Å². The van der Waals surface area contributed by atoms with E-state index in [-0.39, 0.29) is 30.7 Å². The molecule has 0 radical (unpaired) electrons. The first-order chi connectivity index (χ1) is 35.2. The first-order valence-corrected chi connectivity index (χ1v) is 28.1. The van der Waals surface area contributed by atoms with Crippen LogP contribution in [0.25, 0.3) is 22.3 Å². The van der Waals surface area contributed by atoms with E-state index in [0.29, 0.717) is 13.4 Å². The van der Waals surface area contributed by atoms with E-state index < -0.39 is 35.2 Å². The van der Waals surface area contributed by atoms with Crippen LogP contribution in [0.5, 0.6) is 0 Å². The van der Waals surface area contributed by atoms with E-state index in [9.17, 15) is 39.5 Å². The van der Waals surface area contributed by atoms with Crippen LogP contribution in [0.4, 0.5) is 39.5 Å². The molecule has 6 aromatic rings. The van der Waals surface area contributed by atoms with Gasteiger partial charge in [0.25, 0.3) is 0 Å². The van der Waals surface area contributed by atoms with Gasteiger partial charge in [-0.1, -0.05) is 98.6 Å². The van der Waals surface area contributed by atoms with E-state index in [1.807, 2.05) is 46.9 Å². The topological polar surface area (TPSA) is 38.7 Å². The fraction of sp³-hybridized carbons (Fsp3) is 0.379. The summed E-state index contributed by atoms with van der Waals surface area (Å²) in [5.74, 6) is 0. The molecule has 1 saturated heterocycles. The quantitative estimate of drug-likeness (QED) is 0.109. The van der Waals surface area contributed by atoms with E-state index in [2.05, 4.69) is 106 Å². The zero-order chi connectivity index (χ0) is 55.1. The lowest BCUT2D eigenvalue weighted by molar-refractivity contribution is -0.138. The van der Waals surface area contributed by atoms with Crippen molar-refractivity contribution in [3.63, 3.8) is 0 Å². The Labute approximate surface area is 485 Å².